The van der Waals surface area contributed by atoms with Gasteiger partial charge in [0.05, 0.1) is 41.8 Å². The van der Waals surface area contributed by atoms with Gasteiger partial charge in [0.2, 0.25) is 0 Å². The third-order valence-electron chi connectivity index (χ3n) is 8.00. The summed E-state index contributed by atoms with van der Waals surface area (Å²) in [4.78, 5) is 44.4. The number of aromatic nitrogens is 1. The van der Waals surface area contributed by atoms with E-state index in [0.29, 0.717) is 52.2 Å². The number of ether oxygens (including phenoxy) is 2. The van der Waals surface area contributed by atoms with Gasteiger partial charge in [0.25, 0.3) is 11.6 Å². The minimum Gasteiger partial charge on any atom is -0.492 e. The van der Waals surface area contributed by atoms with Crippen LogP contribution in [0.2, 0.25) is 0 Å². The summed E-state index contributed by atoms with van der Waals surface area (Å²) in [7, 11) is 3.30. The maximum atomic E-state index is 13.8. The van der Waals surface area contributed by atoms with E-state index in [4.69, 9.17) is 9.47 Å². The monoisotopic (exact) mass is 590 g/mol. The zero-order valence-electron chi connectivity index (χ0n) is 24.5. The highest BCUT2D eigenvalue weighted by Crippen LogP contribution is 2.45. The van der Waals surface area contributed by atoms with Crippen molar-refractivity contribution in [2.24, 2.45) is 0 Å². The topological polar surface area (TPSA) is 118 Å². The summed E-state index contributed by atoms with van der Waals surface area (Å²) in [6.07, 6.45) is 0. The number of H-pyrrole nitrogens is 1. The number of benzene rings is 4. The lowest BCUT2D eigenvalue weighted by atomic mass is 9.96. The Bertz CT molecular complexity index is 2000. The number of hydrogen-bond acceptors (Lipinski definition) is 7. The number of aryl methyl sites for hydroxylation is 1. The van der Waals surface area contributed by atoms with E-state index < -0.39 is 10.9 Å². The Morgan fingerprint density at radius 3 is 2.61 bits per heavy atom. The standard InChI is InChI=1S/C34H30N4O6/c1-20-7-5-6-8-29(20)36(3)13-14-44-24-10-12-27-23(15-24)17-28(35-27)33(39)37-19-21(2)32-26-16-22(34(40)43-4)9-11-25(26)30(38(41)42)18-31(32)37/h5-12,15-18,35H,2,13-14,19H2,1,3-4H3. The average molecular weight is 591 g/mol. The maximum absolute atomic E-state index is 13.8. The van der Waals surface area contributed by atoms with Crippen molar-refractivity contribution < 1.29 is 24.0 Å². The number of esters is 1. The van der Waals surface area contributed by atoms with E-state index in [9.17, 15) is 19.7 Å². The number of carbonyl (C=O) groups excluding carboxylic acids is 2. The number of para-hydroxylation sites is 1. The fourth-order valence-electron chi connectivity index (χ4n) is 5.78. The van der Waals surface area contributed by atoms with Gasteiger partial charge in [0.1, 0.15) is 18.1 Å². The van der Waals surface area contributed by atoms with Gasteiger partial charge in [0, 0.05) is 35.3 Å². The van der Waals surface area contributed by atoms with Crippen LogP contribution in [-0.2, 0) is 4.74 Å². The molecule has 0 spiro atoms. The summed E-state index contributed by atoms with van der Waals surface area (Å²) in [5, 5.41) is 13.6. The predicted octanol–water partition coefficient (Wildman–Crippen LogP) is 6.51. The second-order valence-electron chi connectivity index (χ2n) is 10.8. The lowest BCUT2D eigenvalue weighted by Crippen LogP contribution is -2.28. The van der Waals surface area contributed by atoms with Crippen molar-refractivity contribution >= 4 is 56.2 Å². The molecule has 1 N–H and O–H groups in total. The first-order chi connectivity index (χ1) is 21.2. The van der Waals surface area contributed by atoms with Gasteiger partial charge in [-0.05, 0) is 72.0 Å². The van der Waals surface area contributed by atoms with Gasteiger partial charge in [-0.15, -0.1) is 0 Å². The lowest BCUT2D eigenvalue weighted by molar-refractivity contribution is -0.383. The molecule has 0 radical (unpaired) electrons. The summed E-state index contributed by atoms with van der Waals surface area (Å²) in [6.45, 7) is 7.54. The van der Waals surface area contributed by atoms with Crippen molar-refractivity contribution in [1.29, 1.82) is 0 Å². The summed E-state index contributed by atoms with van der Waals surface area (Å²) >= 11 is 0. The Labute approximate surface area is 253 Å². The molecule has 0 saturated heterocycles. The molecule has 0 unspecified atom stereocenters. The third-order valence-corrected chi connectivity index (χ3v) is 8.00. The number of carbonyl (C=O) groups is 2. The maximum Gasteiger partial charge on any atom is 0.337 e. The first-order valence-electron chi connectivity index (χ1n) is 14.0. The quantitative estimate of drug-likeness (QED) is 0.124. The Morgan fingerprint density at radius 2 is 1.86 bits per heavy atom. The number of nitrogens with one attached hydrogen (secondary N) is 1. The number of methoxy groups -OCH3 is 1. The SMILES string of the molecule is C=C1CN(C(=O)c2cc3cc(OCCN(C)c4ccccc4C)ccc3[nH]2)c2cc([N+](=O)[O-])c3ccc(C(=O)OC)cc3c21. The van der Waals surface area contributed by atoms with Crippen LogP contribution in [0.3, 0.4) is 0 Å². The Balaban J connectivity index is 1.27. The van der Waals surface area contributed by atoms with Crippen molar-refractivity contribution in [3.63, 3.8) is 0 Å². The minimum atomic E-state index is -0.566. The van der Waals surface area contributed by atoms with Crippen LogP contribution in [0.1, 0.15) is 32.0 Å². The van der Waals surface area contributed by atoms with Gasteiger partial charge in [0.15, 0.2) is 0 Å². The number of rotatable bonds is 8. The molecule has 0 saturated carbocycles. The normalized spacial score (nSPS) is 12.4. The van der Waals surface area contributed by atoms with Gasteiger partial charge in [-0.3, -0.25) is 14.9 Å². The average Bonchev–Trinajstić information content (AvgIpc) is 3.60. The van der Waals surface area contributed by atoms with Crippen molar-refractivity contribution in [2.75, 3.05) is 43.7 Å². The minimum absolute atomic E-state index is 0.144. The van der Waals surface area contributed by atoms with E-state index in [2.05, 4.69) is 35.5 Å². The van der Waals surface area contributed by atoms with Gasteiger partial charge >= 0.3 is 5.97 Å². The molecule has 4 aromatic carbocycles. The molecule has 0 fully saturated rings. The number of non-ortho nitro benzene ring substituents is 1. The van der Waals surface area contributed by atoms with Crippen LogP contribution in [0.25, 0.3) is 27.2 Å². The van der Waals surface area contributed by atoms with Crippen LogP contribution in [-0.4, -0.2) is 55.6 Å². The molecular weight excluding hydrogens is 560 g/mol. The van der Waals surface area contributed by atoms with Crippen molar-refractivity contribution in [2.45, 2.75) is 6.92 Å². The summed E-state index contributed by atoms with van der Waals surface area (Å²) in [5.41, 5.74) is 5.05. The smallest absolute Gasteiger partial charge is 0.337 e. The number of fused-ring (bicyclic) bond motifs is 4. The van der Waals surface area contributed by atoms with Gasteiger partial charge < -0.3 is 24.3 Å². The number of likely N-dealkylation sites (N-methyl/N-ethyl adjacent to an activating group) is 1. The number of nitro benzene ring substituents is 1. The van der Waals surface area contributed by atoms with Gasteiger partial charge in [-0.2, -0.15) is 0 Å². The van der Waals surface area contributed by atoms with Crippen LogP contribution in [0, 0.1) is 17.0 Å². The van der Waals surface area contributed by atoms with Crippen LogP contribution in [0.5, 0.6) is 5.75 Å². The molecule has 0 atom stereocenters. The number of nitro groups is 1. The summed E-state index contributed by atoms with van der Waals surface area (Å²) in [5.74, 6) is -0.248. The summed E-state index contributed by atoms with van der Waals surface area (Å²) in [6, 6.07) is 21.5. The fourth-order valence-corrected chi connectivity index (χ4v) is 5.78. The van der Waals surface area contributed by atoms with Crippen molar-refractivity contribution in [3.05, 3.63) is 112 Å². The Morgan fingerprint density at radius 1 is 1.07 bits per heavy atom. The lowest BCUT2D eigenvalue weighted by Gasteiger charge is -2.21. The van der Waals surface area contributed by atoms with E-state index in [0.717, 1.165) is 16.6 Å². The highest BCUT2D eigenvalue weighted by molar-refractivity contribution is 6.17. The largest absolute Gasteiger partial charge is 0.492 e. The van der Waals surface area contributed by atoms with Gasteiger partial charge in [-0.1, -0.05) is 24.8 Å². The molecule has 44 heavy (non-hydrogen) atoms. The number of anilines is 2. The Kier molecular flexibility index (Phi) is 7.26. The molecule has 1 aromatic heterocycles. The number of amides is 1. The molecule has 5 aromatic rings. The molecule has 1 amide bonds. The summed E-state index contributed by atoms with van der Waals surface area (Å²) < 4.78 is 10.9. The van der Waals surface area contributed by atoms with Crippen LogP contribution in [0.4, 0.5) is 17.1 Å². The van der Waals surface area contributed by atoms with Crippen LogP contribution < -0.4 is 14.5 Å². The second kappa shape index (κ2) is 11.2. The number of nitrogens with zero attached hydrogens (tertiary/aromatic N) is 3. The second-order valence-corrected chi connectivity index (χ2v) is 10.8. The van der Waals surface area contributed by atoms with Crippen LogP contribution >= 0.6 is 0 Å². The van der Waals surface area contributed by atoms with E-state index in [1.807, 2.05) is 37.4 Å². The molecule has 1 aliphatic rings. The Hall–Kier alpha value is -5.64. The van der Waals surface area contributed by atoms with Gasteiger partial charge in [-0.25, -0.2) is 4.79 Å². The first-order valence-corrected chi connectivity index (χ1v) is 14.0. The molecule has 6 rings (SSSR count). The van der Waals surface area contributed by atoms with E-state index in [1.165, 1.54) is 35.8 Å². The van der Waals surface area contributed by atoms with E-state index in [-0.39, 0.29) is 23.7 Å². The molecular formula is C34H30N4O6. The third kappa shape index (κ3) is 5.00. The van der Waals surface area contributed by atoms with E-state index in [1.54, 1.807) is 12.1 Å². The molecule has 10 heteroatoms. The zero-order valence-corrected chi connectivity index (χ0v) is 24.5. The molecule has 222 valence electrons. The van der Waals surface area contributed by atoms with Crippen LogP contribution in [0.15, 0.2) is 79.4 Å². The predicted molar refractivity (Wildman–Crippen MR) is 171 cm³/mol. The van der Waals surface area contributed by atoms with Crippen molar-refractivity contribution in [3.8, 4) is 5.75 Å². The number of hydrogen-bond donors (Lipinski definition) is 1. The molecule has 0 bridgehead atoms. The molecule has 2 heterocycles. The zero-order chi connectivity index (χ0) is 31.1. The molecule has 1 aliphatic heterocycles. The first kappa shape index (κ1) is 28.5. The number of aromatic amines is 1. The van der Waals surface area contributed by atoms with Crippen molar-refractivity contribution in [1.82, 2.24) is 4.98 Å². The highest BCUT2D eigenvalue weighted by Gasteiger charge is 2.34. The molecule has 10 nitrogen and oxygen atoms in total. The fraction of sp³-hybridized carbons (Fsp3) is 0.176. The molecule has 0 aliphatic carbocycles. The highest BCUT2D eigenvalue weighted by atomic mass is 16.6. The van der Waals surface area contributed by atoms with E-state index >= 15 is 0 Å².